The van der Waals surface area contributed by atoms with Crippen LogP contribution < -0.4 is 0 Å². The van der Waals surface area contributed by atoms with Gasteiger partial charge in [-0.15, -0.1) is 0 Å². The molecule has 7 nitrogen and oxygen atoms in total. The number of rotatable bonds is 27. The fourth-order valence-corrected chi connectivity index (χ4v) is 7.27. The predicted octanol–water partition coefficient (Wildman–Crippen LogP) is 11.3. The monoisotopic (exact) mass is 842 g/mol. The standard InChI is InChI=1S/C56H58O7/c1-8-22-45(23-9-1)36-57-43-52(59-38-47-26-12-3-13-27-47)54(61-40-49-30-16-5-17-31-49)56(63-42-51-34-20-7-21-35-51)55(62-41-50-32-18-6-19-33-50)53(60-39-48-28-14-4-15-29-48)44-58-37-46-24-10-2-11-25-46/h1-35,52-56H,36-44H2/t52-,53+,54-,55+,56?. The first-order valence-corrected chi connectivity index (χ1v) is 21.8. The van der Waals surface area contributed by atoms with Crippen LogP contribution in [0.4, 0.5) is 0 Å². The fourth-order valence-electron chi connectivity index (χ4n) is 7.27. The lowest BCUT2D eigenvalue weighted by Crippen LogP contribution is -2.55. The maximum absolute atomic E-state index is 7.20. The van der Waals surface area contributed by atoms with Crippen LogP contribution in [0.25, 0.3) is 0 Å². The second-order valence-electron chi connectivity index (χ2n) is 15.5. The maximum Gasteiger partial charge on any atom is 0.115 e. The van der Waals surface area contributed by atoms with Crippen LogP contribution in [0.3, 0.4) is 0 Å². The molecule has 1 unspecified atom stereocenters. The molecule has 0 spiro atoms. The highest BCUT2D eigenvalue weighted by Crippen LogP contribution is 2.28. The molecule has 0 saturated carbocycles. The summed E-state index contributed by atoms with van der Waals surface area (Å²) < 4.78 is 48.5. The van der Waals surface area contributed by atoms with Crippen molar-refractivity contribution in [3.05, 3.63) is 251 Å². The second-order valence-corrected chi connectivity index (χ2v) is 15.5. The minimum atomic E-state index is -0.750. The van der Waals surface area contributed by atoms with Crippen molar-refractivity contribution in [1.29, 1.82) is 0 Å². The summed E-state index contributed by atoms with van der Waals surface area (Å²) in [5.41, 5.74) is 7.23. The largest absolute Gasteiger partial charge is 0.374 e. The molecular formula is C56H58O7. The molecule has 5 atom stereocenters. The third-order valence-corrected chi connectivity index (χ3v) is 10.6. The van der Waals surface area contributed by atoms with Crippen LogP contribution in [0.2, 0.25) is 0 Å². The summed E-state index contributed by atoms with van der Waals surface area (Å²) >= 11 is 0. The molecular weight excluding hydrogens is 785 g/mol. The highest BCUT2D eigenvalue weighted by atomic mass is 16.6. The molecule has 0 aliphatic carbocycles. The molecule has 0 bridgehead atoms. The minimum Gasteiger partial charge on any atom is -0.374 e. The highest BCUT2D eigenvalue weighted by Gasteiger charge is 2.43. The van der Waals surface area contributed by atoms with E-state index >= 15 is 0 Å². The van der Waals surface area contributed by atoms with E-state index in [1.165, 1.54) is 0 Å². The number of hydrogen-bond acceptors (Lipinski definition) is 7. The maximum atomic E-state index is 7.20. The van der Waals surface area contributed by atoms with Crippen molar-refractivity contribution in [3.63, 3.8) is 0 Å². The summed E-state index contributed by atoms with van der Waals surface area (Å²) in [5.74, 6) is 0. The lowest BCUT2D eigenvalue weighted by atomic mass is 9.97. The normalized spacial score (nSPS) is 13.8. The summed E-state index contributed by atoms with van der Waals surface area (Å²) in [6.45, 7) is 2.79. The number of ether oxygens (including phenoxy) is 7. The molecule has 0 saturated heterocycles. The van der Waals surface area contributed by atoms with Crippen LogP contribution in [0.5, 0.6) is 0 Å². The van der Waals surface area contributed by atoms with E-state index in [1.54, 1.807) is 0 Å². The first kappa shape index (κ1) is 45.3. The smallest absolute Gasteiger partial charge is 0.115 e. The van der Waals surface area contributed by atoms with Gasteiger partial charge in [-0.1, -0.05) is 212 Å². The molecule has 7 rings (SSSR count). The molecule has 0 aliphatic heterocycles. The van der Waals surface area contributed by atoms with E-state index < -0.39 is 30.5 Å². The van der Waals surface area contributed by atoms with Gasteiger partial charge in [0.15, 0.2) is 0 Å². The van der Waals surface area contributed by atoms with Crippen molar-refractivity contribution in [2.75, 3.05) is 13.2 Å². The van der Waals surface area contributed by atoms with Crippen molar-refractivity contribution in [2.24, 2.45) is 0 Å². The molecule has 7 aromatic carbocycles. The molecule has 63 heavy (non-hydrogen) atoms. The molecule has 0 N–H and O–H groups in total. The average Bonchev–Trinajstić information content (AvgIpc) is 3.35. The Morgan fingerprint density at radius 2 is 0.429 bits per heavy atom. The molecule has 0 heterocycles. The molecule has 0 fully saturated rings. The van der Waals surface area contributed by atoms with Crippen LogP contribution in [0, 0.1) is 0 Å². The van der Waals surface area contributed by atoms with Gasteiger partial charge in [0.1, 0.15) is 30.5 Å². The topological polar surface area (TPSA) is 64.6 Å². The molecule has 0 amide bonds. The van der Waals surface area contributed by atoms with Gasteiger partial charge in [-0.2, -0.15) is 0 Å². The molecule has 0 aromatic heterocycles. The van der Waals surface area contributed by atoms with Crippen molar-refractivity contribution in [2.45, 2.75) is 76.8 Å². The van der Waals surface area contributed by atoms with E-state index in [2.05, 4.69) is 84.9 Å². The Kier molecular flexibility index (Phi) is 18.7. The van der Waals surface area contributed by atoms with E-state index in [-0.39, 0.29) is 19.8 Å². The van der Waals surface area contributed by atoms with Crippen LogP contribution in [0.15, 0.2) is 212 Å². The SMILES string of the molecule is c1ccc(COC[C@H](OCc2ccccc2)[C@H](OCc2ccccc2)C(OCc2ccccc2)[C@H](OCc2ccccc2)[C@@H](COCc2ccccc2)OCc2ccccc2)cc1. The van der Waals surface area contributed by atoms with Crippen LogP contribution in [-0.4, -0.2) is 43.7 Å². The molecule has 324 valence electrons. The summed E-state index contributed by atoms with van der Waals surface area (Å²) in [4.78, 5) is 0. The van der Waals surface area contributed by atoms with E-state index in [9.17, 15) is 0 Å². The number of benzene rings is 7. The van der Waals surface area contributed by atoms with Crippen LogP contribution in [-0.2, 0) is 79.4 Å². The average molecular weight is 843 g/mol. The minimum absolute atomic E-state index is 0.220. The van der Waals surface area contributed by atoms with Crippen LogP contribution in [0.1, 0.15) is 38.9 Å². The van der Waals surface area contributed by atoms with Crippen molar-refractivity contribution in [3.8, 4) is 0 Å². The third kappa shape index (κ3) is 15.5. The van der Waals surface area contributed by atoms with Crippen LogP contribution >= 0.6 is 0 Å². The summed E-state index contributed by atoms with van der Waals surface area (Å²) in [6.07, 6.45) is -3.40. The molecule has 7 heteroatoms. The Morgan fingerprint density at radius 1 is 0.222 bits per heavy atom. The van der Waals surface area contributed by atoms with Crippen molar-refractivity contribution in [1.82, 2.24) is 0 Å². The fraction of sp³-hybridized carbons (Fsp3) is 0.250. The van der Waals surface area contributed by atoms with Gasteiger partial charge in [0, 0.05) is 0 Å². The summed E-state index contributed by atoms with van der Waals surface area (Å²) in [6, 6.07) is 71.2. The zero-order chi connectivity index (χ0) is 43.0. The van der Waals surface area contributed by atoms with E-state index in [0.29, 0.717) is 39.6 Å². The zero-order valence-electron chi connectivity index (χ0n) is 35.8. The Morgan fingerprint density at radius 3 is 0.683 bits per heavy atom. The van der Waals surface area contributed by atoms with Crippen molar-refractivity contribution >= 4 is 0 Å². The Labute approximate surface area is 373 Å². The zero-order valence-corrected chi connectivity index (χ0v) is 35.8. The quantitative estimate of drug-likeness (QED) is 0.0511. The van der Waals surface area contributed by atoms with Gasteiger partial charge >= 0.3 is 0 Å². The van der Waals surface area contributed by atoms with Gasteiger partial charge in [-0.25, -0.2) is 0 Å². The Hall–Kier alpha value is -5.74. The third-order valence-electron chi connectivity index (χ3n) is 10.6. The Bertz CT molecular complexity index is 2070. The van der Waals surface area contributed by atoms with E-state index in [1.807, 2.05) is 127 Å². The molecule has 0 aliphatic rings. The van der Waals surface area contributed by atoms with E-state index in [4.69, 9.17) is 33.2 Å². The lowest BCUT2D eigenvalue weighted by Gasteiger charge is -2.40. The van der Waals surface area contributed by atoms with Gasteiger partial charge in [-0.3, -0.25) is 0 Å². The van der Waals surface area contributed by atoms with Gasteiger partial charge in [0.25, 0.3) is 0 Å². The molecule has 7 aromatic rings. The second kappa shape index (κ2) is 26.0. The lowest BCUT2D eigenvalue weighted by molar-refractivity contribution is -0.227. The summed E-state index contributed by atoms with van der Waals surface area (Å²) in [7, 11) is 0. The highest BCUT2D eigenvalue weighted by molar-refractivity contribution is 5.18. The number of hydrogen-bond donors (Lipinski definition) is 0. The summed E-state index contributed by atoms with van der Waals surface area (Å²) in [5, 5.41) is 0. The predicted molar refractivity (Wildman–Crippen MR) is 247 cm³/mol. The molecule has 0 radical (unpaired) electrons. The van der Waals surface area contributed by atoms with Gasteiger partial charge in [-0.05, 0) is 38.9 Å². The van der Waals surface area contributed by atoms with Gasteiger partial charge in [0.2, 0.25) is 0 Å². The van der Waals surface area contributed by atoms with Crippen molar-refractivity contribution < 1.29 is 33.2 Å². The van der Waals surface area contributed by atoms with Gasteiger partial charge in [0.05, 0.1) is 59.5 Å². The van der Waals surface area contributed by atoms with Gasteiger partial charge < -0.3 is 33.2 Å². The Balaban J connectivity index is 1.29. The van der Waals surface area contributed by atoms with E-state index in [0.717, 1.165) is 38.9 Å². The first-order chi connectivity index (χ1) is 31.3. The first-order valence-electron chi connectivity index (χ1n) is 21.8.